The van der Waals surface area contributed by atoms with Crippen LogP contribution in [0.3, 0.4) is 0 Å². The number of hydrogen-bond donors (Lipinski definition) is 4. The molecule has 0 atom stereocenters. The smallest absolute Gasteiger partial charge is 0.0583 e. The lowest BCUT2D eigenvalue weighted by Crippen LogP contribution is -2.04. The van der Waals surface area contributed by atoms with E-state index < -0.39 is 0 Å². The number of hydrogen-bond acceptors (Lipinski definition) is 4. The molecule has 0 fully saturated rings. The molecule has 2 aromatic carbocycles. The molecular weight excluding hydrogens is 212 g/mol. The zero-order valence-electron chi connectivity index (χ0n) is 9.48. The van der Waals surface area contributed by atoms with E-state index >= 15 is 0 Å². The summed E-state index contributed by atoms with van der Waals surface area (Å²) < 4.78 is 0. The van der Waals surface area contributed by atoms with Crippen molar-refractivity contribution >= 4 is 22.7 Å². The Morgan fingerprint density at radius 2 is 1.24 bits per heavy atom. The van der Waals surface area contributed by atoms with Gasteiger partial charge in [-0.1, -0.05) is 18.2 Å². The predicted octanol–water partition coefficient (Wildman–Crippen LogP) is 1.61. The molecule has 2 aromatic rings. The summed E-state index contributed by atoms with van der Waals surface area (Å²) >= 11 is 0. The lowest BCUT2D eigenvalue weighted by molar-refractivity contribution is 1.21. The maximum Gasteiger partial charge on any atom is 0.0583 e. The highest BCUT2D eigenvalue weighted by molar-refractivity contribution is 5.70. The van der Waals surface area contributed by atoms with Gasteiger partial charge < -0.3 is 22.9 Å². The molecule has 0 amide bonds. The second-order valence-electron chi connectivity index (χ2n) is 4.01. The van der Waals surface area contributed by atoms with Crippen molar-refractivity contribution in [2.45, 2.75) is 6.42 Å². The Labute approximate surface area is 100 Å². The largest absolute Gasteiger partial charge is 0.398 e. The van der Waals surface area contributed by atoms with Crippen molar-refractivity contribution in [2.75, 3.05) is 22.9 Å². The van der Waals surface area contributed by atoms with Crippen LogP contribution < -0.4 is 22.9 Å². The summed E-state index contributed by atoms with van der Waals surface area (Å²) in [6, 6.07) is 11.1. The first kappa shape index (κ1) is 11.1. The summed E-state index contributed by atoms with van der Waals surface area (Å²) in [5.41, 5.74) is 27.8. The van der Waals surface area contributed by atoms with E-state index in [2.05, 4.69) is 0 Å². The monoisotopic (exact) mass is 228 g/mol. The van der Waals surface area contributed by atoms with Gasteiger partial charge in [-0.15, -0.1) is 0 Å². The lowest BCUT2D eigenvalue weighted by atomic mass is 10.00. The third kappa shape index (κ3) is 2.10. The molecule has 0 spiro atoms. The van der Waals surface area contributed by atoms with Gasteiger partial charge in [0.2, 0.25) is 0 Å². The zero-order chi connectivity index (χ0) is 12.4. The highest BCUT2D eigenvalue weighted by atomic mass is 14.7. The van der Waals surface area contributed by atoms with Crippen LogP contribution in [0.1, 0.15) is 11.1 Å². The van der Waals surface area contributed by atoms with Crippen LogP contribution in [-0.4, -0.2) is 0 Å². The average molecular weight is 228 g/mol. The SMILES string of the molecule is Nc1cccc(Cc2c(N)cccc2N)c1N. The minimum absolute atomic E-state index is 0.579. The molecule has 0 aliphatic rings. The Bertz CT molecular complexity index is 529. The van der Waals surface area contributed by atoms with Crippen LogP contribution in [0.15, 0.2) is 36.4 Å². The molecule has 0 aliphatic heterocycles. The fourth-order valence-corrected chi connectivity index (χ4v) is 1.80. The summed E-state index contributed by atoms with van der Waals surface area (Å²) in [6.07, 6.45) is 0.593. The maximum absolute atomic E-state index is 5.92. The highest BCUT2D eigenvalue weighted by Gasteiger charge is 2.08. The van der Waals surface area contributed by atoms with E-state index in [0.717, 1.165) is 11.1 Å². The molecule has 17 heavy (non-hydrogen) atoms. The molecule has 88 valence electrons. The van der Waals surface area contributed by atoms with Gasteiger partial charge in [-0.05, 0) is 23.8 Å². The van der Waals surface area contributed by atoms with Gasteiger partial charge in [-0.2, -0.15) is 0 Å². The minimum Gasteiger partial charge on any atom is -0.398 e. The van der Waals surface area contributed by atoms with Crippen LogP contribution in [0, 0.1) is 0 Å². The van der Waals surface area contributed by atoms with Gasteiger partial charge >= 0.3 is 0 Å². The molecule has 4 heteroatoms. The van der Waals surface area contributed by atoms with Gasteiger partial charge in [-0.25, -0.2) is 0 Å². The summed E-state index contributed by atoms with van der Waals surface area (Å²) in [4.78, 5) is 0. The van der Waals surface area contributed by atoms with Gasteiger partial charge in [0.15, 0.2) is 0 Å². The van der Waals surface area contributed by atoms with E-state index in [4.69, 9.17) is 22.9 Å². The van der Waals surface area contributed by atoms with Gasteiger partial charge in [0.25, 0.3) is 0 Å². The van der Waals surface area contributed by atoms with Crippen molar-refractivity contribution in [3.8, 4) is 0 Å². The number of nitrogens with two attached hydrogens (primary N) is 4. The summed E-state index contributed by atoms with van der Waals surface area (Å²) in [6.45, 7) is 0. The summed E-state index contributed by atoms with van der Waals surface area (Å²) in [5.74, 6) is 0. The molecule has 0 saturated heterocycles. The molecule has 0 saturated carbocycles. The van der Waals surface area contributed by atoms with Crippen LogP contribution in [0.4, 0.5) is 22.7 Å². The van der Waals surface area contributed by atoms with E-state index in [-0.39, 0.29) is 0 Å². The molecule has 8 N–H and O–H groups in total. The third-order valence-corrected chi connectivity index (χ3v) is 2.85. The Kier molecular flexibility index (Phi) is 2.78. The topological polar surface area (TPSA) is 104 Å². The molecule has 0 bridgehead atoms. The molecule has 0 heterocycles. The second kappa shape index (κ2) is 4.25. The van der Waals surface area contributed by atoms with Crippen LogP contribution in [0.5, 0.6) is 0 Å². The molecule has 0 unspecified atom stereocenters. The van der Waals surface area contributed by atoms with E-state index in [9.17, 15) is 0 Å². The van der Waals surface area contributed by atoms with Crippen molar-refractivity contribution < 1.29 is 0 Å². The van der Waals surface area contributed by atoms with Crippen LogP contribution in [0.25, 0.3) is 0 Å². The number of benzene rings is 2. The highest BCUT2D eigenvalue weighted by Crippen LogP contribution is 2.27. The second-order valence-corrected chi connectivity index (χ2v) is 4.01. The van der Waals surface area contributed by atoms with Gasteiger partial charge in [0.1, 0.15) is 0 Å². The fraction of sp³-hybridized carbons (Fsp3) is 0.0769. The Morgan fingerprint density at radius 1 is 0.706 bits per heavy atom. The van der Waals surface area contributed by atoms with Crippen molar-refractivity contribution in [2.24, 2.45) is 0 Å². The standard InChI is InChI=1S/C13H16N4/c14-10-4-2-5-11(15)9(10)7-8-3-1-6-12(16)13(8)17/h1-6H,7,14-17H2. The Morgan fingerprint density at radius 3 is 1.88 bits per heavy atom. The summed E-state index contributed by atoms with van der Waals surface area (Å²) in [5, 5.41) is 0. The van der Waals surface area contributed by atoms with E-state index in [1.54, 1.807) is 6.07 Å². The van der Waals surface area contributed by atoms with Crippen LogP contribution >= 0.6 is 0 Å². The van der Waals surface area contributed by atoms with E-state index in [1.807, 2.05) is 30.3 Å². The van der Waals surface area contributed by atoms with Gasteiger partial charge in [0.05, 0.1) is 11.4 Å². The quantitative estimate of drug-likeness (QED) is 0.586. The van der Waals surface area contributed by atoms with E-state index in [0.29, 0.717) is 29.2 Å². The molecule has 0 aromatic heterocycles. The molecule has 2 rings (SSSR count). The lowest BCUT2D eigenvalue weighted by Gasteiger charge is -2.12. The van der Waals surface area contributed by atoms with Crippen LogP contribution in [0.2, 0.25) is 0 Å². The zero-order valence-corrected chi connectivity index (χ0v) is 9.48. The van der Waals surface area contributed by atoms with Gasteiger partial charge in [0, 0.05) is 23.4 Å². The predicted molar refractivity (Wildman–Crippen MR) is 73.3 cm³/mol. The Hall–Kier alpha value is -2.36. The third-order valence-electron chi connectivity index (χ3n) is 2.85. The first-order valence-electron chi connectivity index (χ1n) is 5.35. The maximum atomic E-state index is 5.92. The van der Waals surface area contributed by atoms with Crippen molar-refractivity contribution in [3.63, 3.8) is 0 Å². The fourth-order valence-electron chi connectivity index (χ4n) is 1.80. The first-order valence-corrected chi connectivity index (χ1v) is 5.35. The number of para-hydroxylation sites is 1. The van der Waals surface area contributed by atoms with E-state index in [1.165, 1.54) is 0 Å². The average Bonchev–Trinajstić information content (AvgIpc) is 2.29. The molecular formula is C13H16N4. The Balaban J connectivity index is 2.42. The molecule has 0 radical (unpaired) electrons. The number of nitrogen functional groups attached to an aromatic ring is 4. The molecule has 4 nitrogen and oxygen atoms in total. The summed E-state index contributed by atoms with van der Waals surface area (Å²) in [7, 11) is 0. The first-order chi connectivity index (χ1) is 8.09. The van der Waals surface area contributed by atoms with Crippen molar-refractivity contribution in [3.05, 3.63) is 47.5 Å². The van der Waals surface area contributed by atoms with Gasteiger partial charge in [-0.3, -0.25) is 0 Å². The minimum atomic E-state index is 0.579. The van der Waals surface area contributed by atoms with Crippen LogP contribution in [-0.2, 0) is 6.42 Å². The normalized spacial score (nSPS) is 10.4. The van der Waals surface area contributed by atoms with Crippen molar-refractivity contribution in [1.29, 1.82) is 0 Å². The van der Waals surface area contributed by atoms with Crippen molar-refractivity contribution in [1.82, 2.24) is 0 Å². The number of anilines is 4. The number of rotatable bonds is 2. The molecule has 0 aliphatic carbocycles.